The van der Waals surface area contributed by atoms with E-state index in [1.807, 2.05) is 18.2 Å². The van der Waals surface area contributed by atoms with E-state index in [2.05, 4.69) is 65.8 Å². The van der Waals surface area contributed by atoms with Crippen molar-refractivity contribution >= 4 is 0 Å². The molecule has 0 aliphatic carbocycles. The molecular weight excluding hydrogens is 364 g/mol. The second-order valence-electron chi connectivity index (χ2n) is 8.28. The molecule has 1 saturated heterocycles. The van der Waals surface area contributed by atoms with Crippen molar-refractivity contribution in [2.24, 2.45) is 17.0 Å². The van der Waals surface area contributed by atoms with Crippen LogP contribution in [0.2, 0.25) is 0 Å². The molecule has 1 unspecified atom stereocenters. The van der Waals surface area contributed by atoms with Gasteiger partial charge in [0.15, 0.2) is 0 Å². The first-order valence-electron chi connectivity index (χ1n) is 10.3. The lowest BCUT2D eigenvalue weighted by Gasteiger charge is -2.35. The molecule has 3 rings (SSSR count). The SMILES string of the molecule is CC(C)CC1[C@H](CN=[N+]=[N-])ON[C@]1(CCO)Cc1ccc(-c2ccccc2)cc1. The van der Waals surface area contributed by atoms with E-state index in [0.717, 1.165) is 12.8 Å². The van der Waals surface area contributed by atoms with Gasteiger partial charge in [0.05, 0.1) is 18.2 Å². The van der Waals surface area contributed by atoms with Crippen molar-refractivity contribution in [2.45, 2.75) is 44.8 Å². The topological polar surface area (TPSA) is 90.3 Å². The van der Waals surface area contributed by atoms with Gasteiger partial charge in [-0.05, 0) is 47.4 Å². The molecule has 0 bridgehead atoms. The van der Waals surface area contributed by atoms with Crippen LogP contribution < -0.4 is 5.48 Å². The second kappa shape index (κ2) is 9.90. The highest BCUT2D eigenvalue weighted by Gasteiger charge is 2.49. The van der Waals surface area contributed by atoms with Gasteiger partial charge in [0, 0.05) is 17.4 Å². The van der Waals surface area contributed by atoms with Crippen molar-refractivity contribution in [3.05, 3.63) is 70.6 Å². The van der Waals surface area contributed by atoms with Gasteiger partial charge in [-0.15, -0.1) is 0 Å². The molecule has 0 aromatic heterocycles. The number of rotatable bonds is 9. The molecule has 1 aliphatic heterocycles. The van der Waals surface area contributed by atoms with Crippen LogP contribution in [-0.2, 0) is 11.3 Å². The Hall–Kier alpha value is -2.37. The van der Waals surface area contributed by atoms with Crippen LogP contribution in [0.15, 0.2) is 59.7 Å². The summed E-state index contributed by atoms with van der Waals surface area (Å²) in [4.78, 5) is 8.77. The van der Waals surface area contributed by atoms with Crippen LogP contribution in [0.4, 0.5) is 0 Å². The summed E-state index contributed by atoms with van der Waals surface area (Å²) >= 11 is 0. The van der Waals surface area contributed by atoms with Gasteiger partial charge in [-0.25, -0.2) is 0 Å². The number of hydroxylamine groups is 1. The highest BCUT2D eigenvalue weighted by atomic mass is 16.7. The molecule has 6 heteroatoms. The maximum absolute atomic E-state index is 9.80. The summed E-state index contributed by atoms with van der Waals surface area (Å²) in [5.41, 5.74) is 15.1. The molecule has 0 spiro atoms. The molecule has 1 aliphatic rings. The molecule has 6 nitrogen and oxygen atoms in total. The third-order valence-electron chi connectivity index (χ3n) is 5.76. The summed E-state index contributed by atoms with van der Waals surface area (Å²) < 4.78 is 0. The Kier molecular flexibility index (Phi) is 7.29. The van der Waals surface area contributed by atoms with Crippen LogP contribution in [0.5, 0.6) is 0 Å². The Balaban J connectivity index is 1.84. The molecule has 154 valence electrons. The van der Waals surface area contributed by atoms with Crippen LogP contribution in [-0.4, -0.2) is 29.9 Å². The fourth-order valence-electron chi connectivity index (χ4n) is 4.37. The summed E-state index contributed by atoms with van der Waals surface area (Å²) in [6, 6.07) is 18.9. The smallest absolute Gasteiger partial charge is 0.0893 e. The molecule has 0 radical (unpaired) electrons. The van der Waals surface area contributed by atoms with E-state index in [1.54, 1.807) is 0 Å². The first kappa shape index (κ1) is 21.3. The zero-order chi connectivity index (χ0) is 20.7. The lowest BCUT2D eigenvalue weighted by atomic mass is 9.72. The standard InChI is InChI=1S/C23H30N4O2/c1-17(2)14-21-22(16-25-27-24)29-26-23(21,12-13-28)15-18-8-10-20(11-9-18)19-6-4-3-5-7-19/h3-11,17,21-22,26,28H,12-16H2,1-2H3/t21?,22-,23+/m0/s1. The molecule has 29 heavy (non-hydrogen) atoms. The molecule has 2 N–H and O–H groups in total. The van der Waals surface area contributed by atoms with Gasteiger partial charge in [-0.1, -0.05) is 73.6 Å². The minimum Gasteiger partial charge on any atom is -0.396 e. The maximum atomic E-state index is 9.80. The van der Waals surface area contributed by atoms with Gasteiger partial charge in [0.25, 0.3) is 0 Å². The summed E-state index contributed by atoms with van der Waals surface area (Å²) in [6.07, 6.45) is 2.06. The zero-order valence-corrected chi connectivity index (χ0v) is 17.2. The van der Waals surface area contributed by atoms with Gasteiger partial charge in [-0.2, -0.15) is 5.48 Å². The fraction of sp³-hybridized carbons (Fsp3) is 0.478. The Morgan fingerprint density at radius 2 is 1.83 bits per heavy atom. The third kappa shape index (κ3) is 5.17. The second-order valence-corrected chi connectivity index (χ2v) is 8.28. The number of aliphatic hydroxyl groups excluding tert-OH is 1. The van der Waals surface area contributed by atoms with E-state index in [9.17, 15) is 5.11 Å². The predicted molar refractivity (Wildman–Crippen MR) is 115 cm³/mol. The number of benzene rings is 2. The van der Waals surface area contributed by atoms with E-state index in [4.69, 9.17) is 10.4 Å². The monoisotopic (exact) mass is 394 g/mol. The van der Waals surface area contributed by atoms with Gasteiger partial charge >= 0.3 is 0 Å². The van der Waals surface area contributed by atoms with Crippen molar-refractivity contribution in [3.8, 4) is 11.1 Å². The van der Waals surface area contributed by atoms with Crippen LogP contribution in [0.3, 0.4) is 0 Å². The molecule has 2 aromatic carbocycles. The lowest BCUT2D eigenvalue weighted by Crippen LogP contribution is -2.49. The minimum absolute atomic E-state index is 0.0707. The Morgan fingerprint density at radius 3 is 2.45 bits per heavy atom. The molecule has 2 aromatic rings. The van der Waals surface area contributed by atoms with Gasteiger partial charge < -0.3 is 5.11 Å². The highest BCUT2D eigenvalue weighted by molar-refractivity contribution is 5.63. The number of hydrogen-bond donors (Lipinski definition) is 2. The van der Waals surface area contributed by atoms with Gasteiger partial charge in [0.1, 0.15) is 0 Å². The van der Waals surface area contributed by atoms with Crippen LogP contribution in [0.25, 0.3) is 21.6 Å². The number of azide groups is 1. The molecule has 1 fully saturated rings. The van der Waals surface area contributed by atoms with Crippen molar-refractivity contribution in [2.75, 3.05) is 13.2 Å². The van der Waals surface area contributed by atoms with Crippen molar-refractivity contribution in [3.63, 3.8) is 0 Å². The Labute approximate surface area is 172 Å². The minimum atomic E-state index is -0.386. The van der Waals surface area contributed by atoms with Crippen LogP contribution in [0.1, 0.15) is 32.3 Å². The van der Waals surface area contributed by atoms with E-state index < -0.39 is 0 Å². The van der Waals surface area contributed by atoms with E-state index in [-0.39, 0.29) is 24.2 Å². The number of hydrogen-bond acceptors (Lipinski definition) is 4. The molecule has 1 heterocycles. The van der Waals surface area contributed by atoms with E-state index in [0.29, 0.717) is 18.9 Å². The van der Waals surface area contributed by atoms with Gasteiger partial charge in [-0.3, -0.25) is 4.84 Å². The van der Waals surface area contributed by atoms with Crippen molar-refractivity contribution in [1.82, 2.24) is 5.48 Å². The Morgan fingerprint density at radius 1 is 1.14 bits per heavy atom. The maximum Gasteiger partial charge on any atom is 0.0893 e. The van der Waals surface area contributed by atoms with Gasteiger partial charge in [0.2, 0.25) is 0 Å². The zero-order valence-electron chi connectivity index (χ0n) is 17.2. The first-order chi connectivity index (χ1) is 14.1. The van der Waals surface area contributed by atoms with E-state index >= 15 is 0 Å². The first-order valence-corrected chi connectivity index (χ1v) is 10.3. The molecule has 3 atom stereocenters. The highest BCUT2D eigenvalue weighted by Crippen LogP contribution is 2.39. The predicted octanol–water partition coefficient (Wildman–Crippen LogP) is 4.89. The normalized spacial score (nSPS) is 23.9. The average Bonchev–Trinajstić information content (AvgIpc) is 3.04. The molecular formula is C23H30N4O2. The fourth-order valence-corrected chi connectivity index (χ4v) is 4.37. The van der Waals surface area contributed by atoms with E-state index in [1.165, 1.54) is 16.7 Å². The summed E-state index contributed by atoms with van der Waals surface area (Å²) in [7, 11) is 0. The quantitative estimate of drug-likeness (QED) is 0.360. The molecule has 0 amide bonds. The van der Waals surface area contributed by atoms with Crippen LogP contribution >= 0.6 is 0 Å². The van der Waals surface area contributed by atoms with Crippen molar-refractivity contribution in [1.29, 1.82) is 0 Å². The summed E-state index contributed by atoms with van der Waals surface area (Å²) in [5, 5.41) is 13.5. The van der Waals surface area contributed by atoms with Crippen LogP contribution in [0, 0.1) is 11.8 Å². The largest absolute Gasteiger partial charge is 0.396 e. The lowest BCUT2D eigenvalue weighted by molar-refractivity contribution is 0.00914. The number of nitrogens with one attached hydrogen (secondary N) is 1. The summed E-state index contributed by atoms with van der Waals surface area (Å²) in [6.45, 7) is 4.73. The Bertz CT molecular complexity index is 819. The third-order valence-corrected chi connectivity index (χ3v) is 5.76. The molecule has 0 saturated carbocycles. The number of aliphatic hydroxyl groups is 1. The van der Waals surface area contributed by atoms with Crippen molar-refractivity contribution < 1.29 is 9.94 Å². The average molecular weight is 395 g/mol. The number of nitrogens with zero attached hydrogens (tertiary/aromatic N) is 3. The summed E-state index contributed by atoms with van der Waals surface area (Å²) in [5.74, 6) is 0.615.